The second-order valence-electron chi connectivity index (χ2n) is 4.61. The van der Waals surface area contributed by atoms with E-state index in [-0.39, 0.29) is 6.04 Å². The fourth-order valence-electron chi connectivity index (χ4n) is 2.06. The lowest BCUT2D eigenvalue weighted by atomic mass is 10.2. The molecule has 0 saturated carbocycles. The molecule has 114 valence electrons. The van der Waals surface area contributed by atoms with E-state index in [0.29, 0.717) is 19.1 Å². The molecule has 0 saturated heterocycles. The number of aryl methyl sites for hydroxylation is 2. The number of nitrogens with zero attached hydrogens (tertiary/aromatic N) is 3. The predicted octanol–water partition coefficient (Wildman–Crippen LogP) is 0.430. The molecular weight excluding hydrogens is 258 g/mol. The van der Waals surface area contributed by atoms with Crippen LogP contribution < -0.4 is 15.8 Å². The molecule has 1 rings (SSSR count). The first-order chi connectivity index (χ1) is 9.53. The summed E-state index contributed by atoms with van der Waals surface area (Å²) >= 11 is 0. The van der Waals surface area contributed by atoms with Crippen LogP contribution in [-0.4, -0.2) is 42.6 Å². The number of nitrogens with one attached hydrogen (secondary N) is 1. The number of methoxy groups -OCH3 is 2. The number of rotatable bonds is 7. The van der Waals surface area contributed by atoms with Gasteiger partial charge in [-0.05, 0) is 13.3 Å². The van der Waals surface area contributed by atoms with E-state index in [0.717, 1.165) is 23.6 Å². The molecule has 0 spiro atoms. The lowest BCUT2D eigenvalue weighted by Crippen LogP contribution is -2.40. The maximum absolute atomic E-state index is 5.86. The summed E-state index contributed by atoms with van der Waals surface area (Å²) in [6.07, 6.45) is 0.829. The third-order valence-corrected chi connectivity index (χ3v) is 2.92. The number of aromatic nitrogens is 2. The standard InChI is InChI=1S/C13H25N5O2/c1-6-11-10(12(20-5)18(3)17-11)7-15-13(14)16-9(2)8-19-4/h9H,6-8H2,1-5H3,(H3,14,15,16). The molecule has 7 heteroatoms. The zero-order valence-corrected chi connectivity index (χ0v) is 12.9. The molecule has 1 aromatic heterocycles. The van der Waals surface area contributed by atoms with E-state index in [4.69, 9.17) is 15.2 Å². The second-order valence-corrected chi connectivity index (χ2v) is 4.61. The van der Waals surface area contributed by atoms with Crippen molar-refractivity contribution in [2.24, 2.45) is 17.8 Å². The van der Waals surface area contributed by atoms with Crippen molar-refractivity contribution in [1.82, 2.24) is 15.1 Å². The maximum Gasteiger partial charge on any atom is 0.216 e. The Hall–Kier alpha value is -1.76. The van der Waals surface area contributed by atoms with Crippen LogP contribution in [0.2, 0.25) is 0 Å². The number of guanidine groups is 1. The molecule has 0 aliphatic rings. The van der Waals surface area contributed by atoms with Crippen LogP contribution in [0, 0.1) is 0 Å². The summed E-state index contributed by atoms with van der Waals surface area (Å²) in [5.41, 5.74) is 7.81. The first kappa shape index (κ1) is 16.3. The van der Waals surface area contributed by atoms with Crippen molar-refractivity contribution in [3.05, 3.63) is 11.3 Å². The fraction of sp³-hybridized carbons (Fsp3) is 0.692. The average Bonchev–Trinajstić information content (AvgIpc) is 2.71. The van der Waals surface area contributed by atoms with Gasteiger partial charge in [0.2, 0.25) is 5.88 Å². The molecule has 0 radical (unpaired) electrons. The van der Waals surface area contributed by atoms with Gasteiger partial charge in [-0.25, -0.2) is 9.67 Å². The molecular formula is C13H25N5O2. The van der Waals surface area contributed by atoms with E-state index in [1.165, 1.54) is 0 Å². The van der Waals surface area contributed by atoms with Gasteiger partial charge >= 0.3 is 0 Å². The van der Waals surface area contributed by atoms with Crippen LogP contribution in [0.5, 0.6) is 5.88 Å². The molecule has 0 aliphatic carbocycles. The molecule has 1 unspecified atom stereocenters. The summed E-state index contributed by atoms with van der Waals surface area (Å²) in [7, 11) is 5.14. The van der Waals surface area contributed by atoms with Crippen LogP contribution >= 0.6 is 0 Å². The third kappa shape index (κ3) is 4.12. The van der Waals surface area contributed by atoms with Crippen molar-refractivity contribution in [2.75, 3.05) is 20.8 Å². The van der Waals surface area contributed by atoms with Gasteiger partial charge in [0.25, 0.3) is 0 Å². The second kappa shape index (κ2) is 7.74. The Labute approximate surface area is 120 Å². The minimum atomic E-state index is 0.116. The van der Waals surface area contributed by atoms with E-state index in [9.17, 15) is 0 Å². The Morgan fingerprint density at radius 1 is 1.50 bits per heavy atom. The largest absolute Gasteiger partial charge is 0.481 e. The number of hydrogen-bond acceptors (Lipinski definition) is 4. The first-order valence-electron chi connectivity index (χ1n) is 6.67. The Balaban J connectivity index is 2.77. The topological polar surface area (TPSA) is 86.7 Å². The fourth-order valence-corrected chi connectivity index (χ4v) is 2.06. The molecule has 0 amide bonds. The monoisotopic (exact) mass is 283 g/mol. The van der Waals surface area contributed by atoms with Crippen molar-refractivity contribution in [2.45, 2.75) is 32.9 Å². The average molecular weight is 283 g/mol. The molecule has 1 atom stereocenters. The van der Waals surface area contributed by atoms with E-state index >= 15 is 0 Å². The SMILES string of the molecule is CCc1nn(C)c(OC)c1CN=C(N)NC(C)COC. The van der Waals surface area contributed by atoms with Crippen LogP contribution in [0.4, 0.5) is 0 Å². The van der Waals surface area contributed by atoms with Crippen LogP contribution in [-0.2, 0) is 24.8 Å². The molecule has 0 aromatic carbocycles. The summed E-state index contributed by atoms with van der Waals surface area (Å²) in [4.78, 5) is 4.34. The Morgan fingerprint density at radius 3 is 2.75 bits per heavy atom. The first-order valence-corrected chi connectivity index (χ1v) is 6.67. The van der Waals surface area contributed by atoms with Crippen molar-refractivity contribution >= 4 is 5.96 Å². The van der Waals surface area contributed by atoms with Gasteiger partial charge < -0.3 is 20.5 Å². The Kier molecular flexibility index (Phi) is 6.30. The van der Waals surface area contributed by atoms with Gasteiger partial charge in [0, 0.05) is 20.2 Å². The van der Waals surface area contributed by atoms with E-state index in [1.54, 1.807) is 18.9 Å². The van der Waals surface area contributed by atoms with Crippen LogP contribution in [0.3, 0.4) is 0 Å². The van der Waals surface area contributed by atoms with Gasteiger partial charge in [-0.3, -0.25) is 0 Å². The summed E-state index contributed by atoms with van der Waals surface area (Å²) in [5.74, 6) is 1.12. The normalized spacial score (nSPS) is 13.3. The predicted molar refractivity (Wildman–Crippen MR) is 78.9 cm³/mol. The molecule has 20 heavy (non-hydrogen) atoms. The van der Waals surface area contributed by atoms with Crippen molar-refractivity contribution in [3.63, 3.8) is 0 Å². The summed E-state index contributed by atoms with van der Waals surface area (Å²) < 4.78 is 12.1. The highest BCUT2D eigenvalue weighted by atomic mass is 16.5. The highest BCUT2D eigenvalue weighted by Gasteiger charge is 2.15. The quantitative estimate of drug-likeness (QED) is 0.560. The third-order valence-electron chi connectivity index (χ3n) is 2.92. The van der Waals surface area contributed by atoms with E-state index in [1.807, 2.05) is 14.0 Å². The zero-order chi connectivity index (χ0) is 15.1. The van der Waals surface area contributed by atoms with Gasteiger partial charge in [0.1, 0.15) is 0 Å². The van der Waals surface area contributed by atoms with Crippen LogP contribution in [0.15, 0.2) is 4.99 Å². The van der Waals surface area contributed by atoms with Gasteiger partial charge in [0.05, 0.1) is 31.5 Å². The lowest BCUT2D eigenvalue weighted by Gasteiger charge is -2.13. The summed E-state index contributed by atoms with van der Waals surface area (Å²) in [6.45, 7) is 5.05. The number of aliphatic imine (C=N–C) groups is 1. The highest BCUT2D eigenvalue weighted by molar-refractivity contribution is 5.78. The van der Waals surface area contributed by atoms with Crippen molar-refractivity contribution in [3.8, 4) is 5.88 Å². The Morgan fingerprint density at radius 2 is 2.20 bits per heavy atom. The maximum atomic E-state index is 5.86. The molecule has 0 bridgehead atoms. The zero-order valence-electron chi connectivity index (χ0n) is 12.9. The minimum Gasteiger partial charge on any atom is -0.481 e. The Bertz CT molecular complexity index is 456. The van der Waals surface area contributed by atoms with Gasteiger partial charge in [-0.2, -0.15) is 5.10 Å². The number of nitrogens with two attached hydrogens (primary N) is 1. The van der Waals surface area contributed by atoms with Gasteiger partial charge in [0.15, 0.2) is 5.96 Å². The van der Waals surface area contributed by atoms with Crippen molar-refractivity contribution < 1.29 is 9.47 Å². The molecule has 1 heterocycles. The number of ether oxygens (including phenoxy) is 2. The molecule has 0 fully saturated rings. The number of hydrogen-bond donors (Lipinski definition) is 2. The lowest BCUT2D eigenvalue weighted by molar-refractivity contribution is 0.179. The molecule has 0 aliphatic heterocycles. The van der Waals surface area contributed by atoms with Crippen LogP contribution in [0.25, 0.3) is 0 Å². The van der Waals surface area contributed by atoms with Crippen molar-refractivity contribution in [1.29, 1.82) is 0 Å². The van der Waals surface area contributed by atoms with Gasteiger partial charge in [-0.1, -0.05) is 6.92 Å². The smallest absolute Gasteiger partial charge is 0.216 e. The van der Waals surface area contributed by atoms with Crippen LogP contribution in [0.1, 0.15) is 25.1 Å². The molecule has 1 aromatic rings. The summed E-state index contributed by atoms with van der Waals surface area (Å²) in [6, 6.07) is 0.116. The highest BCUT2D eigenvalue weighted by Crippen LogP contribution is 2.22. The summed E-state index contributed by atoms with van der Waals surface area (Å²) in [5, 5.41) is 7.48. The van der Waals surface area contributed by atoms with E-state index < -0.39 is 0 Å². The molecule has 3 N–H and O–H groups in total. The van der Waals surface area contributed by atoms with Gasteiger partial charge in [-0.15, -0.1) is 0 Å². The molecule has 7 nitrogen and oxygen atoms in total. The minimum absolute atomic E-state index is 0.116. The van der Waals surface area contributed by atoms with E-state index in [2.05, 4.69) is 22.3 Å².